The number of unbranched alkanes of at least 4 members (excludes halogenated alkanes) is 1. The Hall–Kier alpha value is -1.24. The van der Waals surface area contributed by atoms with Crippen molar-refractivity contribution in [3.05, 3.63) is 48.2 Å². The van der Waals surface area contributed by atoms with E-state index in [0.29, 0.717) is 23.3 Å². The van der Waals surface area contributed by atoms with E-state index in [1.165, 1.54) is 63.4 Å². The molecule has 1 aliphatic carbocycles. The molecular weight excluding hydrogens is 374 g/mol. The maximum absolute atomic E-state index is 4.20. The maximum Gasteiger partial charge on any atom is 0.0289 e. The van der Waals surface area contributed by atoms with Crippen molar-refractivity contribution >= 4 is 0 Å². The van der Waals surface area contributed by atoms with E-state index in [1.807, 2.05) is 0 Å². The van der Waals surface area contributed by atoms with Crippen LogP contribution in [0.15, 0.2) is 48.2 Å². The summed E-state index contributed by atoms with van der Waals surface area (Å²) in [4.78, 5) is 0. The Kier molecular flexibility index (Phi) is 13.2. The molecule has 0 radical (unpaired) electrons. The van der Waals surface area contributed by atoms with E-state index in [0.717, 1.165) is 18.0 Å². The molecule has 0 amide bonds. The molecule has 0 aliphatic heterocycles. The van der Waals surface area contributed by atoms with Crippen LogP contribution in [0.1, 0.15) is 113 Å². The normalized spacial score (nSPS) is 24.8. The average Bonchev–Trinajstić information content (AvgIpc) is 2.73. The number of hydrogen-bond donors (Lipinski definition) is 1. The van der Waals surface area contributed by atoms with Crippen LogP contribution in [0.5, 0.6) is 0 Å². The lowest BCUT2D eigenvalue weighted by Crippen LogP contribution is -2.35. The van der Waals surface area contributed by atoms with Crippen LogP contribution in [0.4, 0.5) is 0 Å². The molecule has 1 N–H and O–H groups in total. The summed E-state index contributed by atoms with van der Waals surface area (Å²) in [5.41, 5.74) is 3.06. The van der Waals surface area contributed by atoms with Gasteiger partial charge in [-0.05, 0) is 87.5 Å². The molecule has 1 saturated carbocycles. The van der Waals surface area contributed by atoms with Gasteiger partial charge in [-0.25, -0.2) is 0 Å². The lowest BCUT2D eigenvalue weighted by Gasteiger charge is -2.36. The fourth-order valence-electron chi connectivity index (χ4n) is 4.93. The van der Waals surface area contributed by atoms with E-state index in [2.05, 4.69) is 90.7 Å². The molecule has 1 nitrogen and oxygen atoms in total. The Labute approximate surface area is 195 Å². The van der Waals surface area contributed by atoms with Gasteiger partial charge in [-0.3, -0.25) is 0 Å². The highest BCUT2D eigenvalue weighted by Crippen LogP contribution is 2.42. The first kappa shape index (κ1) is 27.8. The monoisotopic (exact) mass is 427 g/mol. The number of nitrogens with one attached hydrogen (secondary N) is 1. The molecule has 1 rings (SSSR count). The van der Waals surface area contributed by atoms with Crippen LogP contribution >= 0.6 is 0 Å². The molecule has 0 aromatic carbocycles. The molecule has 4 atom stereocenters. The lowest BCUT2D eigenvalue weighted by molar-refractivity contribution is 0.175. The fraction of sp³-hybridized carbons (Fsp3) is 0.733. The van der Waals surface area contributed by atoms with E-state index in [9.17, 15) is 0 Å². The zero-order valence-corrected chi connectivity index (χ0v) is 22.0. The molecule has 0 aromatic heterocycles. The summed E-state index contributed by atoms with van der Waals surface area (Å²) < 4.78 is 0. The van der Waals surface area contributed by atoms with Gasteiger partial charge in [-0.2, -0.15) is 0 Å². The Morgan fingerprint density at radius 1 is 1.19 bits per heavy atom. The molecule has 0 aromatic rings. The highest BCUT2D eigenvalue weighted by atomic mass is 14.9. The fourth-order valence-corrected chi connectivity index (χ4v) is 4.93. The van der Waals surface area contributed by atoms with Crippen LogP contribution in [0.2, 0.25) is 0 Å². The molecule has 1 fully saturated rings. The Morgan fingerprint density at radius 2 is 1.94 bits per heavy atom. The predicted octanol–water partition coefficient (Wildman–Crippen LogP) is 9.39. The number of hydrogen-bond acceptors (Lipinski definition) is 1. The van der Waals surface area contributed by atoms with Crippen LogP contribution in [0.25, 0.3) is 0 Å². The summed E-state index contributed by atoms with van der Waals surface area (Å²) in [6.45, 7) is 20.5. The molecular formula is C30H53N. The van der Waals surface area contributed by atoms with E-state index in [-0.39, 0.29) is 0 Å². The Balaban J connectivity index is 2.47. The molecule has 1 aliphatic rings. The van der Waals surface area contributed by atoms with Gasteiger partial charge in [-0.15, -0.1) is 0 Å². The summed E-state index contributed by atoms with van der Waals surface area (Å²) >= 11 is 0. The first-order valence-corrected chi connectivity index (χ1v) is 13.2. The smallest absolute Gasteiger partial charge is 0.0289 e. The standard InChI is InChI=1S/C30H53N/c1-9-11-17-27(7)31-29(22-24(3)4)26(6)16-13-12-15-25(5)19-20-28-18-14-21-30(8,10-2)23-28/h11,15,17,19-20,24,26,28-29,31H,7,9-10,12-14,16,18,21-23H2,1-6,8H3/b17-11-,20-19+,25-15+. The van der Waals surface area contributed by atoms with Crippen LogP contribution < -0.4 is 5.32 Å². The van der Waals surface area contributed by atoms with Gasteiger partial charge in [0.25, 0.3) is 0 Å². The van der Waals surface area contributed by atoms with Crippen molar-refractivity contribution in [2.75, 3.05) is 0 Å². The van der Waals surface area contributed by atoms with Crippen LogP contribution in [0.3, 0.4) is 0 Å². The van der Waals surface area contributed by atoms with Gasteiger partial charge in [0.05, 0.1) is 0 Å². The first-order chi connectivity index (χ1) is 14.7. The minimum absolute atomic E-state index is 0.512. The molecule has 31 heavy (non-hydrogen) atoms. The summed E-state index contributed by atoms with van der Waals surface area (Å²) in [6, 6.07) is 0.512. The van der Waals surface area contributed by atoms with Gasteiger partial charge in [0, 0.05) is 11.7 Å². The largest absolute Gasteiger partial charge is 0.383 e. The third kappa shape index (κ3) is 11.8. The lowest BCUT2D eigenvalue weighted by atomic mass is 9.69. The van der Waals surface area contributed by atoms with Crippen LogP contribution in [0, 0.1) is 23.2 Å². The van der Waals surface area contributed by atoms with Gasteiger partial charge in [0.1, 0.15) is 0 Å². The van der Waals surface area contributed by atoms with E-state index in [4.69, 9.17) is 0 Å². The summed E-state index contributed by atoms with van der Waals surface area (Å²) in [6.07, 6.45) is 24.5. The molecule has 0 spiro atoms. The molecule has 1 heteroatoms. The van der Waals surface area contributed by atoms with Crippen molar-refractivity contribution in [2.45, 2.75) is 119 Å². The molecule has 0 saturated heterocycles. The molecule has 178 valence electrons. The predicted molar refractivity (Wildman–Crippen MR) is 141 cm³/mol. The molecule has 0 bridgehead atoms. The third-order valence-corrected chi connectivity index (χ3v) is 7.26. The topological polar surface area (TPSA) is 12.0 Å². The molecule has 0 heterocycles. The molecule has 4 unspecified atom stereocenters. The maximum atomic E-state index is 4.20. The van der Waals surface area contributed by atoms with Gasteiger partial charge < -0.3 is 5.32 Å². The summed E-state index contributed by atoms with van der Waals surface area (Å²) in [5, 5.41) is 3.69. The minimum Gasteiger partial charge on any atom is -0.383 e. The Bertz CT molecular complexity index is 594. The van der Waals surface area contributed by atoms with Crippen molar-refractivity contribution in [3.63, 3.8) is 0 Å². The average molecular weight is 428 g/mol. The second-order valence-corrected chi connectivity index (χ2v) is 11.0. The zero-order valence-electron chi connectivity index (χ0n) is 22.0. The van der Waals surface area contributed by atoms with Gasteiger partial charge >= 0.3 is 0 Å². The van der Waals surface area contributed by atoms with Crippen molar-refractivity contribution in [2.24, 2.45) is 23.2 Å². The SMILES string of the molecule is C=C(/C=C\CC)NC(CC(C)C)C(C)CCC/C=C(C)/C=C/C1CCCC(C)(CC)C1. The minimum atomic E-state index is 0.512. The highest BCUT2D eigenvalue weighted by Gasteiger charge is 2.29. The quantitative estimate of drug-likeness (QED) is 0.215. The van der Waals surface area contributed by atoms with E-state index < -0.39 is 0 Å². The second-order valence-electron chi connectivity index (χ2n) is 11.0. The first-order valence-electron chi connectivity index (χ1n) is 13.2. The number of allylic oxidation sites excluding steroid dienone is 6. The Morgan fingerprint density at radius 3 is 2.58 bits per heavy atom. The second kappa shape index (κ2) is 14.8. The van der Waals surface area contributed by atoms with E-state index in [1.54, 1.807) is 0 Å². The van der Waals surface area contributed by atoms with Crippen LogP contribution in [-0.4, -0.2) is 6.04 Å². The van der Waals surface area contributed by atoms with Gasteiger partial charge in [0.15, 0.2) is 0 Å². The van der Waals surface area contributed by atoms with Crippen molar-refractivity contribution in [3.8, 4) is 0 Å². The van der Waals surface area contributed by atoms with Crippen molar-refractivity contribution in [1.82, 2.24) is 5.32 Å². The highest BCUT2D eigenvalue weighted by molar-refractivity contribution is 5.17. The summed E-state index contributed by atoms with van der Waals surface area (Å²) in [5.74, 6) is 2.14. The third-order valence-electron chi connectivity index (χ3n) is 7.26. The number of rotatable bonds is 14. The van der Waals surface area contributed by atoms with Gasteiger partial charge in [0.2, 0.25) is 0 Å². The van der Waals surface area contributed by atoms with Crippen molar-refractivity contribution < 1.29 is 0 Å². The van der Waals surface area contributed by atoms with E-state index >= 15 is 0 Å². The summed E-state index contributed by atoms with van der Waals surface area (Å²) in [7, 11) is 0. The zero-order chi connectivity index (χ0) is 23.3. The van der Waals surface area contributed by atoms with Gasteiger partial charge in [-0.1, -0.05) is 90.8 Å². The van der Waals surface area contributed by atoms with Crippen molar-refractivity contribution in [1.29, 1.82) is 0 Å². The van der Waals surface area contributed by atoms with Crippen LogP contribution in [-0.2, 0) is 0 Å².